The molecule has 0 saturated carbocycles. The van der Waals surface area contributed by atoms with Crippen molar-refractivity contribution in [3.8, 4) is 0 Å². The highest BCUT2D eigenvalue weighted by Gasteiger charge is 2.33. The van der Waals surface area contributed by atoms with Crippen LogP contribution in [0.4, 0.5) is 10.1 Å². The van der Waals surface area contributed by atoms with Gasteiger partial charge in [0, 0.05) is 5.02 Å². The van der Waals surface area contributed by atoms with Crippen LogP contribution in [0.15, 0.2) is 69.8 Å². The molecule has 1 N–H and O–H groups in total. The molecule has 2 aromatic carbocycles. The van der Waals surface area contributed by atoms with Gasteiger partial charge in [0.25, 0.3) is 0 Å². The van der Waals surface area contributed by atoms with Crippen molar-refractivity contribution in [2.75, 3.05) is 7.11 Å². The number of methoxy groups -OCH3 is 1. The van der Waals surface area contributed by atoms with Crippen LogP contribution in [-0.2, 0) is 9.53 Å². The molecule has 0 amide bonds. The molecule has 0 radical (unpaired) electrons. The fourth-order valence-electron chi connectivity index (χ4n) is 2.26. The maximum absolute atomic E-state index is 13.1. The zero-order valence-electron chi connectivity index (χ0n) is 13.6. The van der Waals surface area contributed by atoms with Crippen molar-refractivity contribution >= 4 is 46.1 Å². The third-order valence-corrected chi connectivity index (χ3v) is 4.89. The molecule has 1 aliphatic heterocycles. The minimum Gasteiger partial charge on any atom is -0.506 e. The number of aliphatic hydroxyl groups excluding tert-OH is 1. The lowest BCUT2D eigenvalue weighted by Crippen LogP contribution is -2.10. The average molecular weight is 390 g/mol. The standard InChI is InChI=1S/C19H13ClFNO3S/c1-25-19(24)16-17(23)15(10-11-4-2-3-5-14(11)20)26-18(16)22-13-8-6-12(21)7-9-13/h2-10,23H,1H3. The van der Waals surface area contributed by atoms with E-state index in [1.165, 1.54) is 31.4 Å². The van der Waals surface area contributed by atoms with Gasteiger partial charge in [-0.15, -0.1) is 0 Å². The van der Waals surface area contributed by atoms with E-state index in [1.807, 2.05) is 6.07 Å². The molecule has 0 saturated heterocycles. The number of aliphatic imine (C=N–C) groups is 1. The highest BCUT2D eigenvalue weighted by Crippen LogP contribution is 2.40. The van der Waals surface area contributed by atoms with Crippen LogP contribution in [0, 0.1) is 5.82 Å². The molecular formula is C19H13ClFNO3S. The SMILES string of the molecule is COC(=O)C1=C(O)C(=Cc2ccccc2Cl)SC1=Nc1ccc(F)cc1. The van der Waals surface area contributed by atoms with E-state index in [-0.39, 0.29) is 22.2 Å². The first-order chi connectivity index (χ1) is 12.5. The molecule has 1 aliphatic rings. The second-order valence-electron chi connectivity index (χ2n) is 5.24. The number of nitrogens with zero attached hydrogens (tertiary/aromatic N) is 1. The summed E-state index contributed by atoms with van der Waals surface area (Å²) in [5, 5.41) is 11.3. The molecule has 0 spiro atoms. The number of aliphatic hydroxyl groups is 1. The number of halogens is 2. The summed E-state index contributed by atoms with van der Waals surface area (Å²) in [6.45, 7) is 0. The van der Waals surface area contributed by atoms with E-state index in [4.69, 9.17) is 16.3 Å². The van der Waals surface area contributed by atoms with Crippen LogP contribution >= 0.6 is 23.4 Å². The molecule has 3 rings (SSSR count). The van der Waals surface area contributed by atoms with E-state index in [9.17, 15) is 14.3 Å². The lowest BCUT2D eigenvalue weighted by atomic mass is 10.1. The summed E-state index contributed by atoms with van der Waals surface area (Å²) in [6, 6.07) is 12.6. The van der Waals surface area contributed by atoms with E-state index in [0.29, 0.717) is 21.2 Å². The smallest absolute Gasteiger partial charge is 0.344 e. The van der Waals surface area contributed by atoms with Crippen molar-refractivity contribution in [2.45, 2.75) is 0 Å². The van der Waals surface area contributed by atoms with Crippen LogP contribution in [0.5, 0.6) is 0 Å². The molecule has 4 nitrogen and oxygen atoms in total. The lowest BCUT2D eigenvalue weighted by Gasteiger charge is -2.01. The number of carbonyl (C=O) groups is 1. The molecule has 0 aliphatic carbocycles. The van der Waals surface area contributed by atoms with Gasteiger partial charge in [-0.05, 0) is 42.0 Å². The number of thioether (sulfide) groups is 1. The van der Waals surface area contributed by atoms with Gasteiger partial charge in [-0.2, -0.15) is 0 Å². The van der Waals surface area contributed by atoms with Crippen LogP contribution < -0.4 is 0 Å². The van der Waals surface area contributed by atoms with Gasteiger partial charge in [0.1, 0.15) is 22.2 Å². The minimum absolute atomic E-state index is 0.0415. The highest BCUT2D eigenvalue weighted by molar-refractivity contribution is 8.18. The third kappa shape index (κ3) is 3.81. The quantitative estimate of drug-likeness (QED) is 0.725. The number of carbonyl (C=O) groups excluding carboxylic acids is 1. The van der Waals surface area contributed by atoms with Crippen LogP contribution in [0.2, 0.25) is 5.02 Å². The Bertz CT molecular complexity index is 952. The summed E-state index contributed by atoms with van der Waals surface area (Å²) in [7, 11) is 1.22. The number of esters is 1. The van der Waals surface area contributed by atoms with E-state index >= 15 is 0 Å². The molecule has 1 heterocycles. The Balaban J connectivity index is 2.06. The summed E-state index contributed by atoms with van der Waals surface area (Å²) < 4.78 is 17.8. The fraction of sp³-hybridized carbons (Fsp3) is 0.0526. The van der Waals surface area contributed by atoms with Crippen LogP contribution in [0.1, 0.15) is 5.56 Å². The molecule has 26 heavy (non-hydrogen) atoms. The second-order valence-corrected chi connectivity index (χ2v) is 6.68. The predicted octanol–water partition coefficient (Wildman–Crippen LogP) is 5.28. The van der Waals surface area contributed by atoms with Crippen molar-refractivity contribution < 1.29 is 19.0 Å². The fourth-order valence-corrected chi connectivity index (χ4v) is 3.47. The predicted molar refractivity (Wildman–Crippen MR) is 102 cm³/mol. The maximum Gasteiger partial charge on any atom is 0.344 e. The van der Waals surface area contributed by atoms with Crippen molar-refractivity contribution in [1.82, 2.24) is 0 Å². The average Bonchev–Trinajstić information content (AvgIpc) is 2.93. The molecule has 7 heteroatoms. The molecular weight excluding hydrogens is 377 g/mol. The maximum atomic E-state index is 13.1. The van der Waals surface area contributed by atoms with Gasteiger partial charge in [0.2, 0.25) is 0 Å². The van der Waals surface area contributed by atoms with E-state index < -0.39 is 5.97 Å². The van der Waals surface area contributed by atoms with E-state index in [1.54, 1.807) is 24.3 Å². The van der Waals surface area contributed by atoms with Gasteiger partial charge in [0.15, 0.2) is 0 Å². The second kappa shape index (κ2) is 7.76. The first-order valence-corrected chi connectivity index (χ1v) is 8.69. The third-order valence-electron chi connectivity index (χ3n) is 3.53. The van der Waals surface area contributed by atoms with Gasteiger partial charge in [-0.25, -0.2) is 14.2 Å². The number of hydrogen-bond acceptors (Lipinski definition) is 5. The van der Waals surface area contributed by atoms with Crippen molar-refractivity contribution in [2.24, 2.45) is 4.99 Å². The Labute approximate surface area is 158 Å². The summed E-state index contributed by atoms with van der Waals surface area (Å²) >= 11 is 7.26. The highest BCUT2D eigenvalue weighted by atomic mass is 35.5. The molecule has 0 bridgehead atoms. The molecule has 2 aromatic rings. The minimum atomic E-state index is -0.710. The van der Waals surface area contributed by atoms with E-state index in [2.05, 4.69) is 4.99 Å². The van der Waals surface area contributed by atoms with Gasteiger partial charge in [-0.3, -0.25) is 0 Å². The first-order valence-electron chi connectivity index (χ1n) is 7.50. The largest absolute Gasteiger partial charge is 0.506 e. The van der Waals surface area contributed by atoms with Gasteiger partial charge < -0.3 is 9.84 Å². The topological polar surface area (TPSA) is 58.9 Å². The Morgan fingerprint density at radius 1 is 1.23 bits per heavy atom. The Morgan fingerprint density at radius 3 is 2.58 bits per heavy atom. The van der Waals surface area contributed by atoms with Crippen molar-refractivity contribution in [3.63, 3.8) is 0 Å². The normalized spacial score (nSPS) is 17.2. The monoisotopic (exact) mass is 389 g/mol. The molecule has 0 fully saturated rings. The number of benzene rings is 2. The summed E-state index contributed by atoms with van der Waals surface area (Å²) in [5.74, 6) is -1.33. The Morgan fingerprint density at radius 2 is 1.92 bits per heavy atom. The van der Waals surface area contributed by atoms with E-state index in [0.717, 1.165) is 11.8 Å². The van der Waals surface area contributed by atoms with Crippen molar-refractivity contribution in [1.29, 1.82) is 0 Å². The van der Waals surface area contributed by atoms with Gasteiger partial charge in [-0.1, -0.05) is 41.6 Å². The lowest BCUT2D eigenvalue weighted by molar-refractivity contribution is -0.135. The summed E-state index contributed by atoms with van der Waals surface area (Å²) in [4.78, 5) is 16.8. The Kier molecular flexibility index (Phi) is 5.44. The van der Waals surface area contributed by atoms with Gasteiger partial charge in [0.05, 0.1) is 17.7 Å². The summed E-state index contributed by atoms with van der Waals surface area (Å²) in [6.07, 6.45) is 1.67. The first kappa shape index (κ1) is 18.2. The zero-order chi connectivity index (χ0) is 18.7. The number of hydrogen-bond donors (Lipinski definition) is 1. The van der Waals surface area contributed by atoms with Crippen LogP contribution in [0.3, 0.4) is 0 Å². The van der Waals surface area contributed by atoms with Crippen molar-refractivity contribution in [3.05, 3.63) is 81.2 Å². The molecule has 132 valence electrons. The number of rotatable bonds is 3. The molecule has 0 aromatic heterocycles. The Hall–Kier alpha value is -2.57. The van der Waals surface area contributed by atoms with Crippen LogP contribution in [0.25, 0.3) is 6.08 Å². The summed E-state index contributed by atoms with van der Waals surface area (Å²) in [5.41, 5.74) is 1.10. The van der Waals surface area contributed by atoms with Crippen LogP contribution in [-0.4, -0.2) is 23.2 Å². The van der Waals surface area contributed by atoms with Gasteiger partial charge >= 0.3 is 5.97 Å². The zero-order valence-corrected chi connectivity index (χ0v) is 15.1. The number of ether oxygens (including phenoxy) is 1. The molecule has 0 unspecified atom stereocenters. The molecule has 0 atom stereocenters.